The van der Waals surface area contributed by atoms with Gasteiger partial charge in [-0.25, -0.2) is 0 Å². The molecule has 0 unspecified atom stereocenters. The van der Waals surface area contributed by atoms with Crippen LogP contribution in [-0.4, -0.2) is 25.4 Å². The molecule has 21 heavy (non-hydrogen) atoms. The number of benzene rings is 1. The second-order valence-corrected chi connectivity index (χ2v) is 3.99. The summed E-state index contributed by atoms with van der Waals surface area (Å²) in [6, 6.07) is 8.51. The van der Waals surface area contributed by atoms with Crippen LogP contribution in [0, 0.1) is 11.3 Å². The third-order valence-corrected chi connectivity index (χ3v) is 2.52. The normalized spacial score (nSPS) is 9.14. The molecular formula is C15H15N3O3. The topological polar surface area (TPSA) is 91.2 Å². The average Bonchev–Trinajstić information content (AvgIpc) is 2.51. The van der Waals surface area contributed by atoms with Crippen LogP contribution in [0.15, 0.2) is 43.2 Å². The summed E-state index contributed by atoms with van der Waals surface area (Å²) >= 11 is 0. The van der Waals surface area contributed by atoms with E-state index in [0.717, 1.165) is 0 Å². The van der Waals surface area contributed by atoms with Gasteiger partial charge in [0.2, 0.25) is 5.91 Å². The Hall–Kier alpha value is -3.07. The highest BCUT2D eigenvalue weighted by molar-refractivity contribution is 5.94. The van der Waals surface area contributed by atoms with Crippen molar-refractivity contribution in [2.75, 3.05) is 13.6 Å². The molecule has 6 heteroatoms. The summed E-state index contributed by atoms with van der Waals surface area (Å²) in [7, 11) is 1.46. The van der Waals surface area contributed by atoms with Gasteiger partial charge in [-0.1, -0.05) is 13.2 Å². The quantitative estimate of drug-likeness (QED) is 0.600. The molecule has 0 saturated carbocycles. The van der Waals surface area contributed by atoms with Crippen molar-refractivity contribution in [2.45, 2.75) is 0 Å². The average molecular weight is 285 g/mol. The molecule has 1 aromatic rings. The molecule has 0 aliphatic heterocycles. The maximum absolute atomic E-state index is 11.6. The monoisotopic (exact) mass is 285 g/mol. The molecule has 2 amide bonds. The number of rotatable bonds is 6. The molecule has 6 nitrogen and oxygen atoms in total. The van der Waals surface area contributed by atoms with Gasteiger partial charge < -0.3 is 15.4 Å². The zero-order valence-electron chi connectivity index (χ0n) is 11.6. The van der Waals surface area contributed by atoms with Crippen LogP contribution in [0.2, 0.25) is 0 Å². The number of carbonyl (C=O) groups is 2. The van der Waals surface area contributed by atoms with Gasteiger partial charge in [0.15, 0.2) is 5.76 Å². The first-order chi connectivity index (χ1) is 9.97. The van der Waals surface area contributed by atoms with Crippen LogP contribution in [0.3, 0.4) is 0 Å². The molecule has 0 aromatic heterocycles. The lowest BCUT2D eigenvalue weighted by atomic mass is 10.1. The van der Waals surface area contributed by atoms with Crippen LogP contribution in [-0.2, 0) is 14.3 Å². The van der Waals surface area contributed by atoms with Gasteiger partial charge in [0.05, 0.1) is 18.2 Å². The Morgan fingerprint density at radius 2 is 1.90 bits per heavy atom. The highest BCUT2D eigenvalue weighted by atomic mass is 16.5. The smallest absolute Gasteiger partial charge is 0.286 e. The second kappa shape index (κ2) is 7.50. The Morgan fingerprint density at radius 3 is 2.43 bits per heavy atom. The van der Waals surface area contributed by atoms with E-state index in [1.165, 1.54) is 7.05 Å². The highest BCUT2D eigenvalue weighted by Crippen LogP contribution is 2.17. The first-order valence-corrected chi connectivity index (χ1v) is 6.03. The lowest BCUT2D eigenvalue weighted by Gasteiger charge is -2.11. The summed E-state index contributed by atoms with van der Waals surface area (Å²) < 4.78 is 5.22. The van der Waals surface area contributed by atoms with Gasteiger partial charge >= 0.3 is 0 Å². The molecule has 0 heterocycles. The van der Waals surface area contributed by atoms with E-state index in [1.807, 2.05) is 6.07 Å². The molecule has 2 N–H and O–H groups in total. The fourth-order valence-electron chi connectivity index (χ4n) is 1.33. The lowest BCUT2D eigenvalue weighted by molar-refractivity contribution is -0.125. The zero-order valence-corrected chi connectivity index (χ0v) is 11.6. The van der Waals surface area contributed by atoms with E-state index < -0.39 is 5.91 Å². The summed E-state index contributed by atoms with van der Waals surface area (Å²) in [4.78, 5) is 22.6. The fraction of sp³-hybridized carbons (Fsp3) is 0.133. The maximum atomic E-state index is 11.6. The summed E-state index contributed by atoms with van der Waals surface area (Å²) in [5, 5.41) is 13.4. The van der Waals surface area contributed by atoms with E-state index in [2.05, 4.69) is 23.8 Å². The van der Waals surface area contributed by atoms with Crippen molar-refractivity contribution in [3.63, 3.8) is 0 Å². The van der Waals surface area contributed by atoms with E-state index in [9.17, 15) is 9.59 Å². The van der Waals surface area contributed by atoms with Gasteiger partial charge in [0, 0.05) is 12.6 Å². The minimum Gasteiger partial charge on any atom is -0.452 e. The molecule has 0 spiro atoms. The summed E-state index contributed by atoms with van der Waals surface area (Å²) in [5.74, 6) is -0.886. The van der Waals surface area contributed by atoms with Crippen molar-refractivity contribution in [3.8, 4) is 6.07 Å². The minimum absolute atomic E-state index is 0.166. The Kier molecular flexibility index (Phi) is 5.71. The Morgan fingerprint density at radius 1 is 1.29 bits per heavy atom. The number of ether oxygens (including phenoxy) is 1. The first kappa shape index (κ1) is 16.0. The summed E-state index contributed by atoms with van der Waals surface area (Å²) in [5.41, 5.74) is 1.13. The van der Waals surface area contributed by atoms with Gasteiger partial charge in [-0.05, 0) is 24.3 Å². The van der Waals surface area contributed by atoms with Crippen LogP contribution in [0.25, 0.3) is 5.76 Å². The maximum Gasteiger partial charge on any atom is 0.286 e. The van der Waals surface area contributed by atoms with Crippen molar-refractivity contribution < 1.29 is 14.3 Å². The number of carbonyl (C=O) groups excluding carboxylic acids is 2. The highest BCUT2D eigenvalue weighted by Gasteiger charge is 2.12. The van der Waals surface area contributed by atoms with Crippen LogP contribution in [0.4, 0.5) is 0 Å². The van der Waals surface area contributed by atoms with E-state index >= 15 is 0 Å². The predicted molar refractivity (Wildman–Crippen MR) is 77.5 cm³/mol. The fourth-order valence-corrected chi connectivity index (χ4v) is 1.33. The second-order valence-electron chi connectivity index (χ2n) is 3.99. The number of nitrogens with one attached hydrogen (secondary N) is 2. The van der Waals surface area contributed by atoms with E-state index in [0.29, 0.717) is 11.1 Å². The van der Waals surface area contributed by atoms with E-state index in [4.69, 9.17) is 10.00 Å². The first-order valence-electron chi connectivity index (χ1n) is 6.03. The van der Waals surface area contributed by atoms with E-state index in [1.54, 1.807) is 24.3 Å². The van der Waals surface area contributed by atoms with Crippen LogP contribution < -0.4 is 10.6 Å². The summed E-state index contributed by atoms with van der Waals surface area (Å²) in [6.45, 7) is 7.00. The van der Waals surface area contributed by atoms with Gasteiger partial charge in [0.25, 0.3) is 5.91 Å². The molecule has 0 aliphatic carbocycles. The number of amides is 2. The van der Waals surface area contributed by atoms with Crippen molar-refractivity contribution in [2.24, 2.45) is 0 Å². The van der Waals surface area contributed by atoms with Gasteiger partial charge in [0.1, 0.15) is 5.76 Å². The number of nitriles is 1. The molecule has 1 rings (SSSR count). The van der Waals surface area contributed by atoms with Crippen molar-refractivity contribution in [1.29, 1.82) is 5.26 Å². The minimum atomic E-state index is -0.603. The number of likely N-dealkylation sites (N-methyl/N-ethyl adjacent to an activating group) is 1. The third-order valence-electron chi connectivity index (χ3n) is 2.52. The van der Waals surface area contributed by atoms with Crippen molar-refractivity contribution in [3.05, 3.63) is 54.3 Å². The molecule has 108 valence electrons. The van der Waals surface area contributed by atoms with Crippen LogP contribution >= 0.6 is 0 Å². The molecule has 0 saturated heterocycles. The Labute approximate surface area is 122 Å². The van der Waals surface area contributed by atoms with Gasteiger partial charge in [-0.2, -0.15) is 5.26 Å². The molecule has 0 radical (unpaired) electrons. The van der Waals surface area contributed by atoms with E-state index in [-0.39, 0.29) is 24.0 Å². The van der Waals surface area contributed by atoms with Crippen LogP contribution in [0.5, 0.6) is 0 Å². The van der Waals surface area contributed by atoms with Crippen LogP contribution in [0.1, 0.15) is 11.1 Å². The zero-order chi connectivity index (χ0) is 15.8. The van der Waals surface area contributed by atoms with Gasteiger partial charge in [-0.3, -0.25) is 9.59 Å². The molecule has 1 aromatic carbocycles. The van der Waals surface area contributed by atoms with Crippen molar-refractivity contribution in [1.82, 2.24) is 10.6 Å². The lowest BCUT2D eigenvalue weighted by Crippen LogP contribution is -2.36. The predicted octanol–water partition coefficient (Wildman–Crippen LogP) is 0.921. The largest absolute Gasteiger partial charge is 0.452 e. The SMILES string of the molecule is C=C(OC(=C)c1ccc(C#N)cc1)C(=O)NCC(=O)NC. The molecule has 0 bridgehead atoms. The molecular weight excluding hydrogens is 270 g/mol. The standard InChI is InChI=1S/C15H15N3O3/c1-10(13-6-4-12(8-16)5-7-13)21-11(2)15(20)18-9-14(19)17-3/h4-7H,1-2,9H2,3H3,(H,17,19)(H,18,20). The molecule has 0 fully saturated rings. The number of hydrogen-bond donors (Lipinski definition) is 2. The molecule has 0 aliphatic rings. The summed E-state index contributed by atoms with van der Waals surface area (Å²) in [6.07, 6.45) is 0. The third kappa shape index (κ3) is 4.84. The number of nitrogens with zero attached hydrogens (tertiary/aromatic N) is 1. The molecule has 0 atom stereocenters. The Bertz CT molecular complexity index is 612. The Balaban J connectivity index is 2.57. The van der Waals surface area contributed by atoms with Crippen molar-refractivity contribution >= 4 is 17.6 Å². The van der Waals surface area contributed by atoms with Gasteiger partial charge in [-0.15, -0.1) is 0 Å². The number of hydrogen-bond acceptors (Lipinski definition) is 4.